The number of rotatable bonds is 6. The zero-order valence-corrected chi connectivity index (χ0v) is 23.9. The molecule has 3 N–H and O–H groups in total. The Labute approximate surface area is 223 Å². The topological polar surface area (TPSA) is 124 Å². The Morgan fingerprint density at radius 1 is 1.11 bits per heavy atom. The highest BCUT2D eigenvalue weighted by Crippen LogP contribution is 2.40. The number of carboxylic acid groups (broad SMARTS) is 1. The number of halogens is 1. The lowest BCUT2D eigenvalue weighted by atomic mass is 9.78. The van der Waals surface area contributed by atoms with Crippen molar-refractivity contribution in [3.8, 4) is 11.5 Å². The number of aromatic hydroxyl groups is 1. The van der Waals surface area contributed by atoms with Crippen LogP contribution in [0.5, 0.6) is 11.5 Å². The lowest BCUT2D eigenvalue weighted by molar-refractivity contribution is 0.0685. The second-order valence-electron chi connectivity index (χ2n) is 11.0. The van der Waals surface area contributed by atoms with Crippen molar-refractivity contribution in [1.82, 2.24) is 9.88 Å². The van der Waals surface area contributed by atoms with Gasteiger partial charge in [-0.2, -0.15) is 0 Å². The van der Waals surface area contributed by atoms with Crippen LogP contribution in [0, 0.1) is 12.3 Å². The van der Waals surface area contributed by atoms with Gasteiger partial charge in [0.05, 0.1) is 13.2 Å². The second kappa shape index (κ2) is 10.2. The third-order valence-electron chi connectivity index (χ3n) is 6.28. The van der Waals surface area contributed by atoms with Crippen molar-refractivity contribution in [2.75, 3.05) is 13.2 Å². The molecule has 0 bridgehead atoms. The standard InChI is InChI=1S/C27H35N3O5.BrH/c1-9-35-23-14(2)16-12-30(24(28)20(16)29-21(23)25(33)34)13-19(31)15-10-17(26(3,4)5)22(32)18(11-15)27(6,7)8;/h10-11,28,32H,9,12-13H2,1-8H3,(H,33,34);1H. The third kappa shape index (κ3) is 5.40. The zero-order chi connectivity index (χ0) is 26.5. The normalized spacial score (nSPS) is 13.3. The van der Waals surface area contributed by atoms with Gasteiger partial charge in [-0.1, -0.05) is 41.5 Å². The number of ether oxygens (including phenoxy) is 1. The highest BCUT2D eigenvalue weighted by Gasteiger charge is 2.34. The van der Waals surface area contributed by atoms with Gasteiger partial charge in [-0.3, -0.25) is 10.2 Å². The summed E-state index contributed by atoms with van der Waals surface area (Å²) in [4.78, 5) is 31.0. The summed E-state index contributed by atoms with van der Waals surface area (Å²) in [5.41, 5.74) is 2.43. The molecule has 0 amide bonds. The summed E-state index contributed by atoms with van der Waals surface area (Å²) in [5, 5.41) is 29.2. The molecular formula is C27H36BrN3O5. The molecule has 0 saturated carbocycles. The number of hydrogen-bond donors (Lipinski definition) is 3. The van der Waals surface area contributed by atoms with Crippen molar-refractivity contribution in [1.29, 1.82) is 5.41 Å². The number of carbonyl (C=O) groups excluding carboxylic acids is 1. The monoisotopic (exact) mass is 561 g/mol. The number of fused-ring (bicyclic) bond motifs is 1. The lowest BCUT2D eigenvalue weighted by Crippen LogP contribution is -2.31. The average molecular weight is 563 g/mol. The summed E-state index contributed by atoms with van der Waals surface area (Å²) >= 11 is 0. The number of amidine groups is 1. The molecule has 0 unspecified atom stereocenters. The van der Waals surface area contributed by atoms with Gasteiger partial charge in [-0.05, 0) is 36.8 Å². The van der Waals surface area contributed by atoms with Crippen LogP contribution in [0.3, 0.4) is 0 Å². The maximum absolute atomic E-state index is 13.4. The number of nitrogens with zero attached hydrogens (tertiary/aromatic N) is 2. The molecule has 36 heavy (non-hydrogen) atoms. The number of Topliss-reactive ketones (excluding diaryl/α,β-unsaturated/α-hetero) is 1. The Morgan fingerprint density at radius 3 is 2.08 bits per heavy atom. The number of phenols is 1. The first-order chi connectivity index (χ1) is 16.1. The quantitative estimate of drug-likeness (QED) is 0.404. The number of aromatic nitrogens is 1. The van der Waals surface area contributed by atoms with E-state index in [1.54, 1.807) is 30.9 Å². The summed E-state index contributed by atoms with van der Waals surface area (Å²) in [6.45, 7) is 15.9. The molecule has 0 fully saturated rings. The molecule has 0 atom stereocenters. The first-order valence-corrected chi connectivity index (χ1v) is 11.7. The van der Waals surface area contributed by atoms with Gasteiger partial charge in [0.15, 0.2) is 17.2 Å². The van der Waals surface area contributed by atoms with Gasteiger partial charge in [0, 0.05) is 34.4 Å². The fourth-order valence-corrected chi connectivity index (χ4v) is 4.34. The maximum Gasteiger partial charge on any atom is 0.358 e. The minimum Gasteiger partial charge on any atom is -0.507 e. The molecule has 2 aromatic rings. The van der Waals surface area contributed by atoms with Gasteiger partial charge in [0.2, 0.25) is 0 Å². The largest absolute Gasteiger partial charge is 0.507 e. The van der Waals surface area contributed by atoms with Gasteiger partial charge in [-0.25, -0.2) is 9.78 Å². The predicted molar refractivity (Wildman–Crippen MR) is 145 cm³/mol. The molecule has 0 saturated heterocycles. The van der Waals surface area contributed by atoms with E-state index in [2.05, 4.69) is 4.98 Å². The van der Waals surface area contributed by atoms with Crippen molar-refractivity contribution < 1.29 is 24.5 Å². The van der Waals surface area contributed by atoms with Crippen LogP contribution < -0.4 is 4.74 Å². The van der Waals surface area contributed by atoms with E-state index >= 15 is 0 Å². The van der Waals surface area contributed by atoms with E-state index in [0.29, 0.717) is 27.8 Å². The van der Waals surface area contributed by atoms with Crippen LogP contribution in [-0.4, -0.2) is 50.8 Å². The highest BCUT2D eigenvalue weighted by molar-refractivity contribution is 8.93. The van der Waals surface area contributed by atoms with Crippen LogP contribution >= 0.6 is 17.0 Å². The predicted octanol–water partition coefficient (Wildman–Crippen LogP) is 5.39. The molecule has 0 spiro atoms. The molecule has 0 aliphatic carbocycles. The Hall–Kier alpha value is -2.94. The average Bonchev–Trinajstić information content (AvgIpc) is 3.04. The van der Waals surface area contributed by atoms with Crippen molar-refractivity contribution in [2.24, 2.45) is 0 Å². The van der Waals surface area contributed by atoms with Gasteiger partial charge >= 0.3 is 5.97 Å². The third-order valence-corrected chi connectivity index (χ3v) is 6.28. The van der Waals surface area contributed by atoms with E-state index in [9.17, 15) is 19.8 Å². The van der Waals surface area contributed by atoms with E-state index in [0.717, 1.165) is 0 Å². The van der Waals surface area contributed by atoms with Crippen LogP contribution in [0.25, 0.3) is 0 Å². The van der Waals surface area contributed by atoms with Gasteiger partial charge in [0.25, 0.3) is 0 Å². The van der Waals surface area contributed by atoms with Crippen LogP contribution in [0.2, 0.25) is 0 Å². The fourth-order valence-electron chi connectivity index (χ4n) is 4.34. The number of ketones is 1. The zero-order valence-electron chi connectivity index (χ0n) is 22.2. The number of phenolic OH excluding ortho intramolecular Hbond substituents is 1. The number of nitrogens with one attached hydrogen (secondary N) is 1. The van der Waals surface area contributed by atoms with Crippen molar-refractivity contribution in [2.45, 2.75) is 72.8 Å². The summed E-state index contributed by atoms with van der Waals surface area (Å²) in [7, 11) is 0. The maximum atomic E-state index is 13.4. The van der Waals surface area contributed by atoms with E-state index in [1.165, 1.54) is 0 Å². The molecule has 2 heterocycles. The Kier molecular flexibility index (Phi) is 8.30. The molecular weight excluding hydrogens is 526 g/mol. The van der Waals surface area contributed by atoms with Crippen LogP contribution in [-0.2, 0) is 17.4 Å². The fraction of sp³-hybridized carbons (Fsp3) is 0.481. The first-order valence-electron chi connectivity index (χ1n) is 11.7. The lowest BCUT2D eigenvalue weighted by Gasteiger charge is -2.28. The smallest absolute Gasteiger partial charge is 0.358 e. The number of aromatic carboxylic acids is 1. The minimum absolute atomic E-state index is 0. The van der Waals surface area contributed by atoms with Gasteiger partial charge in [-0.15, -0.1) is 17.0 Å². The molecule has 196 valence electrons. The van der Waals surface area contributed by atoms with E-state index in [1.807, 2.05) is 41.5 Å². The van der Waals surface area contributed by atoms with E-state index < -0.39 is 5.97 Å². The summed E-state index contributed by atoms with van der Waals surface area (Å²) in [5.74, 6) is -1.02. The number of benzene rings is 1. The Balaban J connectivity index is 0.00000456. The highest BCUT2D eigenvalue weighted by atomic mass is 79.9. The minimum atomic E-state index is -1.23. The Bertz CT molecular complexity index is 1190. The molecule has 8 nitrogen and oxygen atoms in total. The molecule has 1 aromatic carbocycles. The Morgan fingerprint density at radius 2 is 1.64 bits per heavy atom. The SMILES string of the molecule is Br.CCOc1c(C(=O)O)nc2c(c1C)CN(CC(=O)c1cc(C(C)(C)C)c(O)c(C(C)(C)C)c1)C2=N. The number of carbonyl (C=O) groups is 2. The number of hydrogen-bond acceptors (Lipinski definition) is 6. The summed E-state index contributed by atoms with van der Waals surface area (Å²) in [6.07, 6.45) is 0. The van der Waals surface area contributed by atoms with Crippen molar-refractivity contribution in [3.63, 3.8) is 0 Å². The van der Waals surface area contributed by atoms with Gasteiger partial charge < -0.3 is 19.8 Å². The second-order valence-corrected chi connectivity index (χ2v) is 11.0. The van der Waals surface area contributed by atoms with E-state index in [-0.39, 0.29) is 82.0 Å². The molecule has 1 aliphatic rings. The molecule has 3 rings (SSSR count). The van der Waals surface area contributed by atoms with Crippen molar-refractivity contribution in [3.05, 3.63) is 51.3 Å². The van der Waals surface area contributed by atoms with Crippen LogP contribution in [0.1, 0.15) is 97.3 Å². The molecule has 9 heteroatoms. The summed E-state index contributed by atoms with van der Waals surface area (Å²) < 4.78 is 5.55. The molecule has 0 radical (unpaired) electrons. The van der Waals surface area contributed by atoms with Crippen LogP contribution in [0.4, 0.5) is 0 Å². The molecule has 1 aromatic heterocycles. The van der Waals surface area contributed by atoms with Crippen molar-refractivity contribution >= 4 is 34.6 Å². The van der Waals surface area contributed by atoms with E-state index in [4.69, 9.17) is 10.1 Å². The van der Waals surface area contributed by atoms with Crippen LogP contribution in [0.15, 0.2) is 12.1 Å². The molecule has 1 aliphatic heterocycles. The van der Waals surface area contributed by atoms with Gasteiger partial charge in [0.1, 0.15) is 17.3 Å². The number of carboxylic acids is 1. The summed E-state index contributed by atoms with van der Waals surface area (Å²) in [6, 6.07) is 3.47. The number of pyridine rings is 1. The first kappa shape index (κ1) is 29.3.